The van der Waals surface area contributed by atoms with Gasteiger partial charge in [-0.25, -0.2) is 8.42 Å². The summed E-state index contributed by atoms with van der Waals surface area (Å²) in [6.45, 7) is 0.452. The van der Waals surface area contributed by atoms with E-state index in [9.17, 15) is 13.2 Å². The maximum absolute atomic E-state index is 12.1. The third kappa shape index (κ3) is 2.31. The molecule has 1 aromatic rings. The van der Waals surface area contributed by atoms with Gasteiger partial charge in [0.2, 0.25) is 16.8 Å². The number of sulfonamides is 1. The Bertz CT molecular complexity index is 625. The summed E-state index contributed by atoms with van der Waals surface area (Å²) in [6.07, 6.45) is 0.580. The number of ketones is 1. The molecule has 19 heavy (non-hydrogen) atoms. The molecule has 0 atom stereocenters. The maximum atomic E-state index is 12.1. The van der Waals surface area contributed by atoms with Gasteiger partial charge in [-0.1, -0.05) is 0 Å². The summed E-state index contributed by atoms with van der Waals surface area (Å²) in [5.41, 5.74) is 0.436. The van der Waals surface area contributed by atoms with Crippen molar-refractivity contribution in [3.63, 3.8) is 0 Å². The molecule has 1 fully saturated rings. The van der Waals surface area contributed by atoms with Crippen LogP contribution < -0.4 is 9.47 Å². The van der Waals surface area contributed by atoms with Gasteiger partial charge >= 0.3 is 0 Å². The SMILES string of the molecule is O=C(CN1CCCS1(=O)=O)c1ccc2c(c1)OCO2. The Hall–Kier alpha value is -1.60. The number of ether oxygens (including phenoxy) is 2. The molecular weight excluding hydrogens is 270 g/mol. The average molecular weight is 283 g/mol. The van der Waals surface area contributed by atoms with E-state index < -0.39 is 10.0 Å². The van der Waals surface area contributed by atoms with Crippen LogP contribution in [0.4, 0.5) is 0 Å². The molecule has 2 aliphatic heterocycles. The van der Waals surface area contributed by atoms with Gasteiger partial charge in [-0.05, 0) is 24.6 Å². The van der Waals surface area contributed by atoms with Crippen LogP contribution in [0.3, 0.4) is 0 Å². The van der Waals surface area contributed by atoms with Gasteiger partial charge in [0.1, 0.15) is 0 Å². The highest BCUT2D eigenvalue weighted by Gasteiger charge is 2.30. The molecule has 0 aliphatic carbocycles. The predicted molar refractivity (Wildman–Crippen MR) is 66.9 cm³/mol. The van der Waals surface area contributed by atoms with Gasteiger partial charge in [0, 0.05) is 12.1 Å². The van der Waals surface area contributed by atoms with Crippen molar-refractivity contribution in [2.75, 3.05) is 25.6 Å². The van der Waals surface area contributed by atoms with Crippen LogP contribution in [0, 0.1) is 0 Å². The molecule has 0 saturated carbocycles. The Kier molecular flexibility index (Phi) is 2.94. The molecule has 0 bridgehead atoms. The predicted octanol–water partition coefficient (Wildman–Crippen LogP) is 0.634. The average Bonchev–Trinajstić information content (AvgIpc) is 2.95. The van der Waals surface area contributed by atoms with E-state index in [2.05, 4.69) is 0 Å². The van der Waals surface area contributed by atoms with Gasteiger partial charge in [0.25, 0.3) is 0 Å². The van der Waals surface area contributed by atoms with Crippen molar-refractivity contribution in [2.24, 2.45) is 0 Å². The molecule has 1 aromatic carbocycles. The molecule has 0 N–H and O–H groups in total. The van der Waals surface area contributed by atoms with E-state index in [0.717, 1.165) is 0 Å². The second-order valence-corrected chi connectivity index (χ2v) is 6.58. The highest BCUT2D eigenvalue weighted by molar-refractivity contribution is 7.89. The largest absolute Gasteiger partial charge is 0.454 e. The fraction of sp³-hybridized carbons (Fsp3) is 0.417. The molecule has 102 valence electrons. The van der Waals surface area contributed by atoms with E-state index in [1.165, 1.54) is 4.31 Å². The van der Waals surface area contributed by atoms with Crippen LogP contribution in [-0.4, -0.2) is 44.1 Å². The Balaban J connectivity index is 1.78. The zero-order valence-electron chi connectivity index (χ0n) is 10.2. The van der Waals surface area contributed by atoms with Crippen LogP contribution in [0.2, 0.25) is 0 Å². The summed E-state index contributed by atoms with van der Waals surface area (Å²) in [5, 5.41) is 0. The first kappa shape index (κ1) is 12.4. The Morgan fingerprint density at radius 1 is 1.26 bits per heavy atom. The van der Waals surface area contributed by atoms with E-state index in [-0.39, 0.29) is 24.9 Å². The molecule has 0 amide bonds. The lowest BCUT2D eigenvalue weighted by Crippen LogP contribution is -2.31. The second-order valence-electron chi connectivity index (χ2n) is 4.49. The van der Waals surface area contributed by atoms with E-state index >= 15 is 0 Å². The Morgan fingerprint density at radius 2 is 2.05 bits per heavy atom. The smallest absolute Gasteiger partial charge is 0.231 e. The van der Waals surface area contributed by atoms with Crippen molar-refractivity contribution >= 4 is 15.8 Å². The van der Waals surface area contributed by atoms with Gasteiger partial charge in [-0.2, -0.15) is 4.31 Å². The normalized spacial score (nSPS) is 20.6. The van der Waals surface area contributed by atoms with Crippen LogP contribution in [-0.2, 0) is 10.0 Å². The highest BCUT2D eigenvalue weighted by atomic mass is 32.2. The molecule has 0 unspecified atom stereocenters. The maximum Gasteiger partial charge on any atom is 0.231 e. The number of benzene rings is 1. The molecule has 2 aliphatic rings. The zero-order valence-corrected chi connectivity index (χ0v) is 11.0. The molecule has 3 rings (SSSR count). The number of Topliss-reactive ketones (excluding diaryl/α,β-unsaturated/α-hetero) is 1. The second kappa shape index (κ2) is 4.50. The van der Waals surface area contributed by atoms with Crippen molar-refractivity contribution in [1.82, 2.24) is 4.31 Å². The number of carbonyl (C=O) groups excluding carboxylic acids is 1. The fourth-order valence-corrected chi connectivity index (χ4v) is 3.66. The lowest BCUT2D eigenvalue weighted by atomic mass is 10.1. The van der Waals surface area contributed by atoms with Crippen LogP contribution in [0.1, 0.15) is 16.8 Å². The summed E-state index contributed by atoms with van der Waals surface area (Å²) >= 11 is 0. The molecular formula is C12H13NO5S. The van der Waals surface area contributed by atoms with Crippen molar-refractivity contribution in [3.05, 3.63) is 23.8 Å². The topological polar surface area (TPSA) is 72.9 Å². The van der Waals surface area contributed by atoms with E-state index in [0.29, 0.717) is 30.0 Å². The Labute approximate surface area is 111 Å². The third-order valence-corrected chi connectivity index (χ3v) is 5.12. The minimum atomic E-state index is -3.25. The summed E-state index contributed by atoms with van der Waals surface area (Å²) in [7, 11) is -3.25. The fourth-order valence-electron chi connectivity index (χ4n) is 2.19. The Morgan fingerprint density at radius 3 is 2.79 bits per heavy atom. The molecule has 0 spiro atoms. The summed E-state index contributed by atoms with van der Waals surface area (Å²) < 4.78 is 34.9. The summed E-state index contributed by atoms with van der Waals surface area (Å²) in [5.74, 6) is 1.02. The monoisotopic (exact) mass is 283 g/mol. The first-order valence-electron chi connectivity index (χ1n) is 5.97. The standard InChI is InChI=1S/C12H13NO5S/c14-10(7-13-4-1-5-19(13,15)16)9-2-3-11-12(6-9)18-8-17-11/h2-3,6H,1,4-5,7-8H2. The number of carbonyl (C=O) groups is 1. The third-order valence-electron chi connectivity index (χ3n) is 3.22. The zero-order chi connectivity index (χ0) is 13.5. The minimum absolute atomic E-state index is 0.109. The molecule has 6 nitrogen and oxygen atoms in total. The lowest BCUT2D eigenvalue weighted by Gasteiger charge is -2.13. The van der Waals surface area contributed by atoms with Gasteiger partial charge in [-0.3, -0.25) is 4.79 Å². The van der Waals surface area contributed by atoms with Crippen LogP contribution in [0.25, 0.3) is 0 Å². The molecule has 0 radical (unpaired) electrons. The van der Waals surface area contributed by atoms with Gasteiger partial charge in [-0.15, -0.1) is 0 Å². The highest BCUT2D eigenvalue weighted by Crippen LogP contribution is 2.32. The summed E-state index contributed by atoms with van der Waals surface area (Å²) in [6, 6.07) is 4.87. The number of hydrogen-bond acceptors (Lipinski definition) is 5. The quantitative estimate of drug-likeness (QED) is 0.761. The lowest BCUT2D eigenvalue weighted by molar-refractivity contribution is 0.0968. The van der Waals surface area contributed by atoms with Crippen LogP contribution in [0.15, 0.2) is 18.2 Å². The molecule has 1 saturated heterocycles. The number of fused-ring (bicyclic) bond motifs is 1. The van der Waals surface area contributed by atoms with E-state index in [1.54, 1.807) is 18.2 Å². The van der Waals surface area contributed by atoms with Gasteiger partial charge < -0.3 is 9.47 Å². The van der Waals surface area contributed by atoms with Crippen molar-refractivity contribution in [1.29, 1.82) is 0 Å². The molecule has 7 heteroatoms. The number of rotatable bonds is 3. The van der Waals surface area contributed by atoms with Crippen molar-refractivity contribution < 1.29 is 22.7 Å². The van der Waals surface area contributed by atoms with E-state index in [1.807, 2.05) is 0 Å². The van der Waals surface area contributed by atoms with Gasteiger partial charge in [0.15, 0.2) is 17.3 Å². The van der Waals surface area contributed by atoms with Gasteiger partial charge in [0.05, 0.1) is 12.3 Å². The molecule has 0 aromatic heterocycles. The minimum Gasteiger partial charge on any atom is -0.454 e. The number of nitrogens with zero attached hydrogens (tertiary/aromatic N) is 1. The first-order valence-corrected chi connectivity index (χ1v) is 7.58. The summed E-state index contributed by atoms with van der Waals surface area (Å²) in [4.78, 5) is 12.1. The molecule has 2 heterocycles. The van der Waals surface area contributed by atoms with Crippen LogP contribution in [0.5, 0.6) is 11.5 Å². The van der Waals surface area contributed by atoms with Crippen LogP contribution >= 0.6 is 0 Å². The number of hydrogen-bond donors (Lipinski definition) is 0. The van der Waals surface area contributed by atoms with Crippen molar-refractivity contribution in [3.8, 4) is 11.5 Å². The first-order chi connectivity index (χ1) is 9.06. The van der Waals surface area contributed by atoms with Crippen molar-refractivity contribution in [2.45, 2.75) is 6.42 Å². The van der Waals surface area contributed by atoms with E-state index in [4.69, 9.17) is 9.47 Å².